The van der Waals surface area contributed by atoms with Gasteiger partial charge in [-0.05, 0) is 0 Å². The Kier molecular flexibility index (Phi) is 3.90. The first kappa shape index (κ1) is 14.0. The second kappa shape index (κ2) is 5.83. The third kappa shape index (κ3) is 2.41. The quantitative estimate of drug-likeness (QED) is 0.358. The van der Waals surface area contributed by atoms with E-state index in [9.17, 15) is 0 Å². The van der Waals surface area contributed by atoms with Gasteiger partial charge in [-0.3, -0.25) is 0 Å². The fourth-order valence-electron chi connectivity index (χ4n) is 2.74. The fraction of sp³-hybridized carbons (Fsp3) is 0. The molecule has 0 radical (unpaired) electrons. The molecule has 0 aliphatic carbocycles. The summed E-state index contributed by atoms with van der Waals surface area (Å²) >= 11 is 0. The molecule has 0 bridgehead atoms. The molecule has 4 aromatic rings. The van der Waals surface area contributed by atoms with E-state index in [0.717, 1.165) is 11.1 Å². The van der Waals surface area contributed by atoms with E-state index in [4.69, 9.17) is 0 Å². The number of hydrogen-bond acceptors (Lipinski definition) is 0. The van der Waals surface area contributed by atoms with Crippen LogP contribution < -0.4 is 0 Å². The molecule has 0 saturated heterocycles. The zero-order valence-electron chi connectivity index (χ0n) is 11.3. The summed E-state index contributed by atoms with van der Waals surface area (Å²) in [5.41, 5.74) is 2.25. The van der Waals surface area contributed by atoms with Crippen molar-refractivity contribution in [2.24, 2.45) is 0 Å². The van der Waals surface area contributed by atoms with Gasteiger partial charge in [0.2, 0.25) is 0 Å². The average Bonchev–Trinajstić information content (AvgIpc) is 2.54. The topological polar surface area (TPSA) is 0 Å². The van der Waals surface area contributed by atoms with Gasteiger partial charge in [0.25, 0.3) is 0 Å². The minimum Gasteiger partial charge on any atom is -0.218 e. The Balaban J connectivity index is 0.00000132. The average molecular weight is 436 g/mol. The predicted molar refractivity (Wildman–Crippen MR) is 84.6 cm³/mol. The van der Waals surface area contributed by atoms with E-state index in [1.165, 1.54) is 21.5 Å². The smallest absolute Gasteiger partial charge is 0.218 e. The Morgan fingerprint density at radius 2 is 0.952 bits per heavy atom. The van der Waals surface area contributed by atoms with Crippen LogP contribution in [0.1, 0.15) is 0 Å². The minimum absolute atomic E-state index is 0. The Morgan fingerprint density at radius 1 is 0.524 bits per heavy atom. The van der Waals surface area contributed by atoms with E-state index in [2.05, 4.69) is 72.8 Å². The first-order valence-electron chi connectivity index (χ1n) is 6.73. The van der Waals surface area contributed by atoms with Crippen molar-refractivity contribution in [3.63, 3.8) is 0 Å². The summed E-state index contributed by atoms with van der Waals surface area (Å²) in [6.07, 6.45) is 0. The molecule has 4 rings (SSSR count). The molecule has 0 unspecified atom stereocenters. The Labute approximate surface area is 138 Å². The molecule has 0 spiro atoms. The summed E-state index contributed by atoms with van der Waals surface area (Å²) in [5.74, 6) is 0. The molecule has 21 heavy (non-hydrogen) atoms. The van der Waals surface area contributed by atoms with Crippen molar-refractivity contribution in [1.29, 1.82) is 0 Å². The van der Waals surface area contributed by atoms with Crippen LogP contribution in [0.15, 0.2) is 72.8 Å². The van der Waals surface area contributed by atoms with Gasteiger partial charge in [-0.25, -0.2) is 11.1 Å². The first-order valence-corrected chi connectivity index (χ1v) is 6.73. The van der Waals surface area contributed by atoms with E-state index < -0.39 is 0 Å². The zero-order valence-corrected chi connectivity index (χ0v) is 14.3. The largest absolute Gasteiger partial charge is 2.00 e. The second-order valence-corrected chi connectivity index (χ2v) is 4.88. The summed E-state index contributed by atoms with van der Waals surface area (Å²) in [4.78, 5) is 0. The van der Waals surface area contributed by atoms with Gasteiger partial charge in [0.1, 0.15) is 0 Å². The standard InChI is InChI=1S/C20H12.W/c1-3-11-17-15(7-1)9-5-13-19(17)20-14-6-10-16-8-2-4-12-18(16)20;/h1-12H;/q-2;+2. The molecule has 0 aromatic heterocycles. The van der Waals surface area contributed by atoms with E-state index >= 15 is 0 Å². The van der Waals surface area contributed by atoms with Crippen LogP contribution >= 0.6 is 0 Å². The molecule has 98 valence electrons. The molecular weight excluding hydrogens is 424 g/mol. The molecule has 0 aliphatic rings. The van der Waals surface area contributed by atoms with Crippen molar-refractivity contribution >= 4 is 21.5 Å². The van der Waals surface area contributed by atoms with Gasteiger partial charge in [0.05, 0.1) is 0 Å². The van der Waals surface area contributed by atoms with Crippen LogP contribution in [0.5, 0.6) is 0 Å². The van der Waals surface area contributed by atoms with Crippen molar-refractivity contribution in [2.45, 2.75) is 0 Å². The van der Waals surface area contributed by atoms with Gasteiger partial charge in [-0.1, -0.05) is 36.4 Å². The van der Waals surface area contributed by atoms with E-state index in [0.29, 0.717) is 0 Å². The van der Waals surface area contributed by atoms with Gasteiger partial charge in [0, 0.05) is 0 Å². The monoisotopic (exact) mass is 436 g/mol. The number of fused-ring (bicyclic) bond motifs is 2. The molecule has 0 heterocycles. The van der Waals surface area contributed by atoms with Crippen LogP contribution in [0.4, 0.5) is 0 Å². The number of hydrogen-bond donors (Lipinski definition) is 0. The molecule has 0 fully saturated rings. The normalized spacial score (nSPS) is 10.5. The number of rotatable bonds is 1. The van der Waals surface area contributed by atoms with Crippen LogP contribution in [-0.4, -0.2) is 0 Å². The van der Waals surface area contributed by atoms with Gasteiger partial charge >= 0.3 is 21.1 Å². The summed E-state index contributed by atoms with van der Waals surface area (Å²) in [6.45, 7) is 0. The third-order valence-corrected chi connectivity index (χ3v) is 3.69. The van der Waals surface area contributed by atoms with Crippen molar-refractivity contribution in [3.8, 4) is 11.1 Å². The maximum Gasteiger partial charge on any atom is 2.00 e. The Morgan fingerprint density at radius 3 is 1.43 bits per heavy atom. The molecule has 0 nitrogen and oxygen atoms in total. The SMILES string of the molecule is [W+2].[c-]1ccc2ccccc2c1-c1[c-]ccc2ccccc12. The van der Waals surface area contributed by atoms with Crippen molar-refractivity contribution in [1.82, 2.24) is 0 Å². The molecule has 0 atom stereocenters. The van der Waals surface area contributed by atoms with E-state index in [1.807, 2.05) is 12.1 Å². The van der Waals surface area contributed by atoms with Crippen molar-refractivity contribution in [3.05, 3.63) is 84.9 Å². The van der Waals surface area contributed by atoms with Crippen LogP contribution in [0.2, 0.25) is 0 Å². The third-order valence-electron chi connectivity index (χ3n) is 3.69. The molecule has 0 amide bonds. The van der Waals surface area contributed by atoms with Crippen LogP contribution in [0.25, 0.3) is 32.7 Å². The number of benzene rings is 4. The fourth-order valence-corrected chi connectivity index (χ4v) is 2.74. The van der Waals surface area contributed by atoms with Crippen molar-refractivity contribution < 1.29 is 21.1 Å². The summed E-state index contributed by atoms with van der Waals surface area (Å²) in [5, 5.41) is 4.93. The van der Waals surface area contributed by atoms with Crippen molar-refractivity contribution in [2.75, 3.05) is 0 Å². The van der Waals surface area contributed by atoms with Gasteiger partial charge in [0.15, 0.2) is 0 Å². The first-order chi connectivity index (χ1) is 9.93. The Hall–Kier alpha value is -1.91. The van der Waals surface area contributed by atoms with Crippen LogP contribution in [0.3, 0.4) is 0 Å². The van der Waals surface area contributed by atoms with Gasteiger partial charge < -0.3 is 0 Å². The van der Waals surface area contributed by atoms with Crippen LogP contribution in [-0.2, 0) is 21.1 Å². The zero-order chi connectivity index (χ0) is 13.4. The molecule has 1 heteroatoms. The molecule has 0 N–H and O–H groups in total. The van der Waals surface area contributed by atoms with Crippen LogP contribution in [0, 0.1) is 12.1 Å². The maximum atomic E-state index is 3.39. The molecule has 0 aliphatic heterocycles. The summed E-state index contributed by atoms with van der Waals surface area (Å²) in [6, 6.07) is 31.8. The maximum absolute atomic E-state index is 3.39. The van der Waals surface area contributed by atoms with Gasteiger partial charge in [-0.15, -0.1) is 45.8 Å². The Bertz CT molecular complexity index is 821. The molecular formula is C20H12W. The summed E-state index contributed by atoms with van der Waals surface area (Å²) < 4.78 is 0. The second-order valence-electron chi connectivity index (χ2n) is 4.88. The van der Waals surface area contributed by atoms with Gasteiger partial charge in [-0.2, -0.15) is 24.3 Å². The van der Waals surface area contributed by atoms with E-state index in [-0.39, 0.29) is 21.1 Å². The summed E-state index contributed by atoms with van der Waals surface area (Å²) in [7, 11) is 0. The predicted octanol–water partition coefficient (Wildman–Crippen LogP) is 5.26. The molecule has 4 aromatic carbocycles. The minimum atomic E-state index is 0. The molecule has 0 saturated carbocycles. The van der Waals surface area contributed by atoms with E-state index in [1.54, 1.807) is 0 Å².